The van der Waals surface area contributed by atoms with Crippen LogP contribution in [0.3, 0.4) is 0 Å². The van der Waals surface area contributed by atoms with Crippen LogP contribution >= 0.6 is 0 Å². The summed E-state index contributed by atoms with van der Waals surface area (Å²) in [5.41, 5.74) is 3.19. The fraction of sp³-hybridized carbons (Fsp3) is 0.520. The fourth-order valence-electron chi connectivity index (χ4n) is 4.38. The van der Waals surface area contributed by atoms with E-state index >= 15 is 0 Å². The van der Waals surface area contributed by atoms with Crippen molar-refractivity contribution in [1.82, 2.24) is 10.3 Å². The monoisotopic (exact) mass is 406 g/mol. The quantitative estimate of drug-likeness (QED) is 0.729. The van der Waals surface area contributed by atoms with Crippen LogP contribution < -0.4 is 15.5 Å². The molecule has 1 aliphatic heterocycles. The SMILES string of the molecule is CC(C)(C)C(=O)N/C=C1\CCCCC1Nc1cc(N2CCCC2)c2ccccc2n1. The molecule has 1 saturated carbocycles. The first-order valence-electron chi connectivity index (χ1n) is 11.3. The molecule has 1 aliphatic carbocycles. The van der Waals surface area contributed by atoms with Gasteiger partial charge in [-0.3, -0.25) is 4.79 Å². The number of benzene rings is 1. The van der Waals surface area contributed by atoms with Crippen LogP contribution in [0.5, 0.6) is 0 Å². The van der Waals surface area contributed by atoms with Gasteiger partial charge in [-0.1, -0.05) is 45.4 Å². The summed E-state index contributed by atoms with van der Waals surface area (Å²) in [7, 11) is 0. The van der Waals surface area contributed by atoms with E-state index < -0.39 is 0 Å². The molecule has 1 amide bonds. The number of nitrogens with zero attached hydrogens (tertiary/aromatic N) is 2. The van der Waals surface area contributed by atoms with Gasteiger partial charge in [-0.15, -0.1) is 0 Å². The minimum Gasteiger partial charge on any atom is -0.371 e. The largest absolute Gasteiger partial charge is 0.371 e. The van der Waals surface area contributed by atoms with Crippen molar-refractivity contribution in [3.63, 3.8) is 0 Å². The molecule has 0 bridgehead atoms. The molecular formula is C25H34N4O. The summed E-state index contributed by atoms with van der Waals surface area (Å²) in [5, 5.41) is 7.94. The number of carbonyl (C=O) groups is 1. The zero-order chi connectivity index (χ0) is 21.1. The van der Waals surface area contributed by atoms with Crippen LogP contribution in [-0.4, -0.2) is 30.0 Å². The Balaban J connectivity index is 1.59. The Morgan fingerprint density at radius 3 is 2.67 bits per heavy atom. The smallest absolute Gasteiger partial charge is 0.229 e. The van der Waals surface area contributed by atoms with Gasteiger partial charge in [-0.2, -0.15) is 0 Å². The molecule has 2 heterocycles. The number of fused-ring (bicyclic) bond motifs is 1. The lowest BCUT2D eigenvalue weighted by Gasteiger charge is -2.28. The van der Waals surface area contributed by atoms with E-state index in [2.05, 4.69) is 45.9 Å². The van der Waals surface area contributed by atoms with Crippen LogP contribution in [0.2, 0.25) is 0 Å². The summed E-state index contributed by atoms with van der Waals surface area (Å²) in [6.07, 6.45) is 8.87. The molecular weight excluding hydrogens is 372 g/mol. The van der Waals surface area contributed by atoms with Crippen LogP contribution in [0, 0.1) is 5.41 Å². The third-order valence-electron chi connectivity index (χ3n) is 6.19. The van der Waals surface area contributed by atoms with E-state index in [1.54, 1.807) is 0 Å². The van der Waals surface area contributed by atoms with Crippen LogP contribution in [0.25, 0.3) is 10.9 Å². The van der Waals surface area contributed by atoms with Crippen molar-refractivity contribution in [2.75, 3.05) is 23.3 Å². The second-order valence-corrected chi connectivity index (χ2v) is 9.62. The van der Waals surface area contributed by atoms with Crippen molar-refractivity contribution in [3.05, 3.63) is 42.1 Å². The zero-order valence-corrected chi connectivity index (χ0v) is 18.5. The number of pyridine rings is 1. The van der Waals surface area contributed by atoms with Crippen LogP contribution in [-0.2, 0) is 4.79 Å². The molecule has 5 heteroatoms. The average Bonchev–Trinajstić information content (AvgIpc) is 3.26. The summed E-state index contributed by atoms with van der Waals surface area (Å²) in [5.74, 6) is 0.982. The van der Waals surface area contributed by atoms with Gasteiger partial charge in [0.25, 0.3) is 0 Å². The Morgan fingerprint density at radius 2 is 1.90 bits per heavy atom. The molecule has 1 atom stereocenters. The number of amides is 1. The van der Waals surface area contributed by atoms with Crippen molar-refractivity contribution in [2.24, 2.45) is 5.41 Å². The molecule has 160 valence electrons. The molecule has 1 aromatic heterocycles. The number of carbonyl (C=O) groups excluding carboxylic acids is 1. The maximum Gasteiger partial charge on any atom is 0.229 e. The highest BCUT2D eigenvalue weighted by atomic mass is 16.2. The van der Waals surface area contributed by atoms with Gasteiger partial charge in [0.15, 0.2) is 0 Å². The number of hydrogen-bond acceptors (Lipinski definition) is 4. The predicted molar refractivity (Wildman–Crippen MR) is 125 cm³/mol. The lowest BCUT2D eigenvalue weighted by atomic mass is 9.90. The van der Waals surface area contributed by atoms with Crippen LogP contribution in [0.1, 0.15) is 59.3 Å². The summed E-state index contributed by atoms with van der Waals surface area (Å²) in [6, 6.07) is 10.8. The Bertz CT molecular complexity index is 938. The number of nitrogens with one attached hydrogen (secondary N) is 2. The van der Waals surface area contributed by atoms with E-state index in [0.29, 0.717) is 0 Å². The normalized spacial score (nSPS) is 21.2. The maximum atomic E-state index is 12.3. The second-order valence-electron chi connectivity index (χ2n) is 9.62. The third kappa shape index (κ3) is 4.61. The highest BCUT2D eigenvalue weighted by Gasteiger charge is 2.24. The number of hydrogen-bond donors (Lipinski definition) is 2. The van der Waals surface area contributed by atoms with Gasteiger partial charge in [0.1, 0.15) is 5.82 Å². The molecule has 2 N–H and O–H groups in total. The van der Waals surface area contributed by atoms with Gasteiger partial charge < -0.3 is 15.5 Å². The van der Waals surface area contributed by atoms with E-state index in [9.17, 15) is 4.79 Å². The van der Waals surface area contributed by atoms with Gasteiger partial charge >= 0.3 is 0 Å². The fourth-order valence-corrected chi connectivity index (χ4v) is 4.38. The molecule has 0 spiro atoms. The van der Waals surface area contributed by atoms with Gasteiger partial charge in [-0.05, 0) is 43.7 Å². The highest BCUT2D eigenvalue weighted by Crippen LogP contribution is 2.33. The average molecular weight is 407 g/mol. The predicted octanol–water partition coefficient (Wildman–Crippen LogP) is 5.24. The molecule has 1 saturated heterocycles. The number of para-hydroxylation sites is 1. The number of anilines is 2. The van der Waals surface area contributed by atoms with Crippen molar-refractivity contribution < 1.29 is 4.79 Å². The molecule has 30 heavy (non-hydrogen) atoms. The summed E-state index contributed by atoms with van der Waals surface area (Å²) < 4.78 is 0. The molecule has 4 rings (SSSR count). The van der Waals surface area contributed by atoms with E-state index in [1.807, 2.05) is 27.0 Å². The molecule has 1 aromatic carbocycles. The van der Waals surface area contributed by atoms with Gasteiger partial charge in [0.2, 0.25) is 5.91 Å². The highest BCUT2D eigenvalue weighted by molar-refractivity contribution is 5.93. The first-order valence-corrected chi connectivity index (χ1v) is 11.3. The Morgan fingerprint density at radius 1 is 1.13 bits per heavy atom. The van der Waals surface area contributed by atoms with Gasteiger partial charge in [0, 0.05) is 41.8 Å². The summed E-state index contributed by atoms with van der Waals surface area (Å²) in [4.78, 5) is 19.7. The van der Waals surface area contributed by atoms with Gasteiger partial charge in [-0.25, -0.2) is 4.98 Å². The summed E-state index contributed by atoms with van der Waals surface area (Å²) >= 11 is 0. The molecule has 2 fully saturated rings. The first kappa shape index (κ1) is 20.7. The van der Waals surface area contributed by atoms with Crippen molar-refractivity contribution in [1.29, 1.82) is 0 Å². The molecule has 1 unspecified atom stereocenters. The van der Waals surface area contributed by atoms with E-state index in [0.717, 1.165) is 37.3 Å². The van der Waals surface area contributed by atoms with E-state index in [1.165, 1.54) is 42.3 Å². The topological polar surface area (TPSA) is 57.3 Å². The van der Waals surface area contributed by atoms with Crippen LogP contribution in [0.4, 0.5) is 11.5 Å². The molecule has 2 aromatic rings. The third-order valence-corrected chi connectivity index (χ3v) is 6.19. The Hall–Kier alpha value is -2.56. The molecule has 5 nitrogen and oxygen atoms in total. The van der Waals surface area contributed by atoms with Crippen molar-refractivity contribution >= 4 is 28.3 Å². The van der Waals surface area contributed by atoms with Crippen molar-refractivity contribution in [3.8, 4) is 0 Å². The summed E-state index contributed by atoms with van der Waals surface area (Å²) in [6.45, 7) is 8.05. The molecule has 2 aliphatic rings. The van der Waals surface area contributed by atoms with E-state index in [-0.39, 0.29) is 17.4 Å². The lowest BCUT2D eigenvalue weighted by Crippen LogP contribution is -2.33. The first-order chi connectivity index (χ1) is 14.4. The lowest BCUT2D eigenvalue weighted by molar-refractivity contribution is -0.127. The van der Waals surface area contributed by atoms with Crippen molar-refractivity contribution in [2.45, 2.75) is 65.3 Å². The number of rotatable bonds is 4. The second kappa shape index (κ2) is 8.66. The minimum absolute atomic E-state index is 0.0551. The van der Waals surface area contributed by atoms with E-state index in [4.69, 9.17) is 4.98 Å². The Labute approximate surface area is 179 Å². The molecule has 0 radical (unpaired) electrons. The Kier molecular flexibility index (Phi) is 5.98. The minimum atomic E-state index is -0.390. The van der Waals surface area contributed by atoms with Gasteiger partial charge in [0.05, 0.1) is 11.6 Å². The zero-order valence-electron chi connectivity index (χ0n) is 18.5. The van der Waals surface area contributed by atoms with Crippen LogP contribution in [0.15, 0.2) is 42.1 Å². The number of aromatic nitrogens is 1. The standard InChI is InChI=1S/C25H34N4O/c1-25(2,3)24(30)26-17-18-10-4-6-12-20(18)27-23-16-22(29-14-8-9-15-29)19-11-5-7-13-21(19)28-23/h5,7,11,13,16-17,20H,4,6,8-10,12,14-15H2,1-3H3,(H,26,30)(H,27,28)/b18-17+. The maximum absolute atomic E-state index is 12.3.